The van der Waals surface area contributed by atoms with Crippen LogP contribution in [0.2, 0.25) is 0 Å². The Morgan fingerprint density at radius 3 is 3.11 bits per heavy atom. The van der Waals surface area contributed by atoms with Crippen LogP contribution in [0.4, 0.5) is 5.95 Å². The molecule has 0 aliphatic rings. The van der Waals surface area contributed by atoms with Crippen molar-refractivity contribution in [3.63, 3.8) is 0 Å². The molecule has 1 amide bonds. The Labute approximate surface area is 113 Å². The molecule has 0 spiro atoms. The molecule has 2 rings (SSSR count). The van der Waals surface area contributed by atoms with Gasteiger partial charge in [0.25, 0.3) is 0 Å². The first kappa shape index (κ1) is 13.1. The Kier molecular flexibility index (Phi) is 4.38. The van der Waals surface area contributed by atoms with E-state index in [0.717, 1.165) is 4.88 Å². The van der Waals surface area contributed by atoms with Gasteiger partial charge in [0.15, 0.2) is 5.82 Å². The van der Waals surface area contributed by atoms with E-state index in [1.54, 1.807) is 23.1 Å². The monoisotopic (exact) mass is 282 g/mol. The van der Waals surface area contributed by atoms with Crippen LogP contribution in [0, 0.1) is 0 Å². The van der Waals surface area contributed by atoms with Crippen LogP contribution in [0.3, 0.4) is 0 Å². The highest BCUT2D eigenvalue weighted by Crippen LogP contribution is 2.21. The molecule has 0 aromatic carbocycles. The molecule has 0 aliphatic carbocycles. The summed E-state index contributed by atoms with van der Waals surface area (Å²) in [6.07, 6.45) is 0. The molecule has 0 atom stereocenters. The molecule has 0 saturated carbocycles. The molecule has 0 saturated heterocycles. The number of rotatable bonds is 5. The fraction of sp³-hybridized carbons (Fsp3) is 0.364. The van der Waals surface area contributed by atoms with Gasteiger partial charge in [0, 0.05) is 0 Å². The van der Waals surface area contributed by atoms with Gasteiger partial charge in [-0.3, -0.25) is 15.2 Å². The summed E-state index contributed by atoms with van der Waals surface area (Å²) in [5.41, 5.74) is 0. The van der Waals surface area contributed by atoms with Crippen LogP contribution in [-0.4, -0.2) is 32.1 Å². The number of nitrogens with zero attached hydrogens (tertiary/aromatic N) is 2. The highest BCUT2D eigenvalue weighted by molar-refractivity contribution is 8.00. The fourth-order valence-electron chi connectivity index (χ4n) is 1.24. The summed E-state index contributed by atoms with van der Waals surface area (Å²) in [7, 11) is 0. The third-order valence-electron chi connectivity index (χ3n) is 2.04. The minimum atomic E-state index is -0.0783. The van der Waals surface area contributed by atoms with Gasteiger partial charge in [-0.15, -0.1) is 28.2 Å². The quantitative estimate of drug-likeness (QED) is 0.884. The Hall–Kier alpha value is -1.34. The van der Waals surface area contributed by atoms with Gasteiger partial charge in [-0.1, -0.05) is 19.9 Å². The van der Waals surface area contributed by atoms with Crippen LogP contribution in [0.1, 0.15) is 13.8 Å². The number of hydrogen-bond acceptors (Lipinski definition) is 5. The zero-order valence-corrected chi connectivity index (χ0v) is 11.8. The van der Waals surface area contributed by atoms with Gasteiger partial charge in [-0.25, -0.2) is 0 Å². The molecular weight excluding hydrogens is 268 g/mol. The summed E-state index contributed by atoms with van der Waals surface area (Å²) in [5.74, 6) is 1.34. The van der Waals surface area contributed by atoms with Crippen molar-refractivity contribution in [1.29, 1.82) is 0 Å². The number of anilines is 1. The number of carbonyl (C=O) groups excluding carboxylic acids is 1. The third kappa shape index (κ3) is 3.58. The lowest BCUT2D eigenvalue weighted by molar-refractivity contribution is -0.113. The van der Waals surface area contributed by atoms with Gasteiger partial charge in [0.05, 0.1) is 10.6 Å². The molecule has 0 aliphatic heterocycles. The number of hydrogen-bond donors (Lipinski definition) is 2. The Bertz CT molecular complexity index is 507. The van der Waals surface area contributed by atoms with E-state index in [1.165, 1.54) is 0 Å². The predicted octanol–water partition coefficient (Wildman–Crippen LogP) is 2.61. The Balaban J connectivity index is 1.93. The summed E-state index contributed by atoms with van der Waals surface area (Å²) in [5, 5.41) is 11.8. The first-order valence-corrected chi connectivity index (χ1v) is 7.45. The smallest absolute Gasteiger partial charge is 0.249 e. The van der Waals surface area contributed by atoms with Crippen LogP contribution in [0.15, 0.2) is 17.5 Å². The average Bonchev–Trinajstić information content (AvgIpc) is 2.95. The molecule has 5 nitrogen and oxygen atoms in total. The second-order valence-electron chi connectivity index (χ2n) is 3.89. The SMILES string of the molecule is CC(C)SCC(=O)Nc1n[nH]c(-c2cccs2)n1. The molecule has 96 valence electrons. The topological polar surface area (TPSA) is 70.7 Å². The summed E-state index contributed by atoms with van der Waals surface area (Å²) < 4.78 is 0. The standard InChI is InChI=1S/C11H14N4OS2/c1-7(2)18-6-9(16)12-11-13-10(14-15-11)8-4-3-5-17-8/h3-5,7H,6H2,1-2H3,(H2,12,13,14,15,16). The maximum absolute atomic E-state index is 11.6. The van der Waals surface area contributed by atoms with Crippen molar-refractivity contribution in [2.45, 2.75) is 19.1 Å². The van der Waals surface area contributed by atoms with Crippen LogP contribution < -0.4 is 5.32 Å². The number of thiophene rings is 1. The Morgan fingerprint density at radius 2 is 2.44 bits per heavy atom. The lowest BCUT2D eigenvalue weighted by atomic mass is 10.4. The van der Waals surface area contributed by atoms with Gasteiger partial charge in [-0.05, 0) is 16.7 Å². The largest absolute Gasteiger partial charge is 0.292 e. The second kappa shape index (κ2) is 6.01. The lowest BCUT2D eigenvalue weighted by Gasteiger charge is -2.03. The zero-order chi connectivity index (χ0) is 13.0. The van der Waals surface area contributed by atoms with Gasteiger partial charge >= 0.3 is 0 Å². The van der Waals surface area contributed by atoms with Crippen LogP contribution in [0.25, 0.3) is 10.7 Å². The molecule has 0 radical (unpaired) electrons. The van der Waals surface area contributed by atoms with Crippen molar-refractivity contribution in [2.75, 3.05) is 11.1 Å². The number of aromatic nitrogens is 3. The molecule has 0 fully saturated rings. The van der Waals surface area contributed by atoms with Crippen molar-refractivity contribution in [1.82, 2.24) is 15.2 Å². The molecule has 0 unspecified atom stereocenters. The maximum Gasteiger partial charge on any atom is 0.249 e. The molecule has 0 bridgehead atoms. The fourth-order valence-corrected chi connectivity index (χ4v) is 2.47. The van der Waals surface area contributed by atoms with E-state index in [-0.39, 0.29) is 5.91 Å². The van der Waals surface area contributed by atoms with Crippen molar-refractivity contribution in [3.8, 4) is 10.7 Å². The average molecular weight is 282 g/mol. The summed E-state index contributed by atoms with van der Waals surface area (Å²) in [4.78, 5) is 16.8. The number of H-pyrrole nitrogens is 1. The third-order valence-corrected chi connectivity index (χ3v) is 4.01. The van der Waals surface area contributed by atoms with Crippen LogP contribution in [-0.2, 0) is 4.79 Å². The van der Waals surface area contributed by atoms with Crippen molar-refractivity contribution in [3.05, 3.63) is 17.5 Å². The van der Waals surface area contributed by atoms with E-state index >= 15 is 0 Å². The van der Waals surface area contributed by atoms with Crippen LogP contribution >= 0.6 is 23.1 Å². The molecule has 7 heteroatoms. The van der Waals surface area contributed by atoms with Gasteiger partial charge in [-0.2, -0.15) is 4.98 Å². The number of thioether (sulfide) groups is 1. The van der Waals surface area contributed by atoms with Gasteiger partial charge < -0.3 is 0 Å². The maximum atomic E-state index is 11.6. The van der Waals surface area contributed by atoms with E-state index in [4.69, 9.17) is 0 Å². The molecular formula is C11H14N4OS2. The highest BCUT2D eigenvalue weighted by atomic mass is 32.2. The zero-order valence-electron chi connectivity index (χ0n) is 10.1. The molecule has 2 aromatic heterocycles. The lowest BCUT2D eigenvalue weighted by Crippen LogP contribution is -2.16. The highest BCUT2D eigenvalue weighted by Gasteiger charge is 2.10. The minimum Gasteiger partial charge on any atom is -0.292 e. The molecule has 2 N–H and O–H groups in total. The predicted molar refractivity (Wildman–Crippen MR) is 75.9 cm³/mol. The number of carbonyl (C=O) groups is 1. The van der Waals surface area contributed by atoms with Crippen LogP contribution in [0.5, 0.6) is 0 Å². The van der Waals surface area contributed by atoms with E-state index in [1.807, 2.05) is 17.5 Å². The van der Waals surface area contributed by atoms with Gasteiger partial charge in [0.2, 0.25) is 11.9 Å². The summed E-state index contributed by atoms with van der Waals surface area (Å²) in [6.45, 7) is 4.11. The van der Waals surface area contributed by atoms with E-state index < -0.39 is 0 Å². The van der Waals surface area contributed by atoms with Crippen molar-refractivity contribution >= 4 is 35.0 Å². The normalized spacial score (nSPS) is 10.8. The molecule has 2 aromatic rings. The number of nitrogens with one attached hydrogen (secondary N) is 2. The molecule has 18 heavy (non-hydrogen) atoms. The summed E-state index contributed by atoms with van der Waals surface area (Å²) in [6, 6.07) is 3.89. The first-order chi connectivity index (χ1) is 8.65. The van der Waals surface area contributed by atoms with E-state index in [9.17, 15) is 4.79 Å². The summed E-state index contributed by atoms with van der Waals surface area (Å²) >= 11 is 3.16. The molecule has 2 heterocycles. The van der Waals surface area contributed by atoms with Crippen molar-refractivity contribution < 1.29 is 4.79 Å². The Morgan fingerprint density at radius 1 is 1.61 bits per heavy atom. The van der Waals surface area contributed by atoms with Crippen molar-refractivity contribution in [2.24, 2.45) is 0 Å². The number of amides is 1. The number of aromatic amines is 1. The van der Waals surface area contributed by atoms with E-state index in [2.05, 4.69) is 34.3 Å². The van der Waals surface area contributed by atoms with Gasteiger partial charge in [0.1, 0.15) is 0 Å². The minimum absolute atomic E-state index is 0.0783. The van der Waals surface area contributed by atoms with E-state index in [0.29, 0.717) is 22.8 Å². The second-order valence-corrected chi connectivity index (χ2v) is 6.41. The first-order valence-electron chi connectivity index (χ1n) is 5.53.